The maximum absolute atomic E-state index is 11.8. The third kappa shape index (κ3) is 5.04. The number of hydrogen-bond acceptors (Lipinski definition) is 4. The lowest BCUT2D eigenvalue weighted by atomic mass is 10.1. The molecule has 116 valence electrons. The Kier molecular flexibility index (Phi) is 5.22. The average Bonchev–Trinajstić information content (AvgIpc) is 2.83. The summed E-state index contributed by atoms with van der Waals surface area (Å²) in [7, 11) is -1.25. The monoisotopic (exact) mass is 311 g/mol. The number of rotatable bonds is 6. The van der Waals surface area contributed by atoms with Crippen LogP contribution in [-0.4, -0.2) is 39.5 Å². The van der Waals surface area contributed by atoms with Crippen LogP contribution in [0.25, 0.3) is 0 Å². The Morgan fingerprint density at radius 1 is 1.33 bits per heavy atom. The number of methoxy groups -OCH3 is 1. The van der Waals surface area contributed by atoms with Crippen molar-refractivity contribution in [3.8, 4) is 5.75 Å². The summed E-state index contributed by atoms with van der Waals surface area (Å²) in [5.41, 5.74) is 1.08. The van der Waals surface area contributed by atoms with E-state index in [2.05, 4.69) is 5.32 Å². The van der Waals surface area contributed by atoms with Gasteiger partial charge < -0.3 is 10.1 Å². The van der Waals surface area contributed by atoms with Gasteiger partial charge in [-0.15, -0.1) is 0 Å². The number of hydrogen-bond donors (Lipinski definition) is 1. The molecule has 0 spiro atoms. The zero-order valence-corrected chi connectivity index (χ0v) is 13.0. The van der Waals surface area contributed by atoms with Crippen molar-refractivity contribution in [2.75, 3.05) is 25.2 Å². The molecule has 21 heavy (non-hydrogen) atoms. The fraction of sp³-hybridized carbons (Fsp3) is 0.533. The molecule has 1 N–H and O–H groups in total. The first-order chi connectivity index (χ1) is 9.98. The van der Waals surface area contributed by atoms with Crippen LogP contribution in [0.3, 0.4) is 0 Å². The van der Waals surface area contributed by atoms with Crippen molar-refractivity contribution < 1.29 is 17.9 Å². The topological polar surface area (TPSA) is 72.5 Å². The second-order valence-corrected chi connectivity index (χ2v) is 7.65. The molecule has 1 aliphatic rings. The minimum atomic E-state index is -2.87. The molecule has 0 bridgehead atoms. The molecular formula is C15H21NO4S. The van der Waals surface area contributed by atoms with Crippen molar-refractivity contribution in [1.29, 1.82) is 0 Å². The number of benzene rings is 1. The molecule has 0 aromatic heterocycles. The predicted molar refractivity (Wildman–Crippen MR) is 81.1 cm³/mol. The summed E-state index contributed by atoms with van der Waals surface area (Å²) in [6.45, 7) is 0.459. The highest BCUT2D eigenvalue weighted by Gasteiger charge is 2.27. The van der Waals surface area contributed by atoms with Crippen LogP contribution in [0.5, 0.6) is 5.75 Å². The molecule has 1 fully saturated rings. The van der Waals surface area contributed by atoms with Gasteiger partial charge in [0.25, 0.3) is 0 Å². The van der Waals surface area contributed by atoms with E-state index in [1.165, 1.54) is 0 Å². The molecular weight excluding hydrogens is 290 g/mol. The van der Waals surface area contributed by atoms with Crippen LogP contribution in [-0.2, 0) is 21.1 Å². The Morgan fingerprint density at radius 3 is 2.62 bits per heavy atom. The van der Waals surface area contributed by atoms with Gasteiger partial charge in [-0.05, 0) is 36.5 Å². The third-order valence-corrected chi connectivity index (χ3v) is 5.55. The van der Waals surface area contributed by atoms with Crippen LogP contribution in [0.4, 0.5) is 0 Å². The Labute approximate surface area is 125 Å². The largest absolute Gasteiger partial charge is 0.497 e. The lowest BCUT2D eigenvalue weighted by molar-refractivity contribution is -0.121. The van der Waals surface area contributed by atoms with E-state index >= 15 is 0 Å². The van der Waals surface area contributed by atoms with E-state index in [-0.39, 0.29) is 23.3 Å². The van der Waals surface area contributed by atoms with Gasteiger partial charge in [0.1, 0.15) is 5.75 Å². The molecule has 1 aliphatic heterocycles. The highest BCUT2D eigenvalue weighted by Crippen LogP contribution is 2.17. The van der Waals surface area contributed by atoms with Crippen LogP contribution >= 0.6 is 0 Å². The van der Waals surface area contributed by atoms with E-state index in [0.29, 0.717) is 25.8 Å². The average molecular weight is 311 g/mol. The molecule has 5 nitrogen and oxygen atoms in total. The van der Waals surface area contributed by atoms with Gasteiger partial charge in [0, 0.05) is 13.0 Å². The predicted octanol–water partition coefficient (Wildman–Crippen LogP) is 1.18. The second-order valence-electron chi connectivity index (χ2n) is 5.42. The lowest BCUT2D eigenvalue weighted by Gasteiger charge is -2.09. The summed E-state index contributed by atoms with van der Waals surface area (Å²) in [6, 6.07) is 7.62. The molecule has 1 atom stereocenters. The first-order valence-electron chi connectivity index (χ1n) is 7.08. The molecule has 1 aromatic rings. The van der Waals surface area contributed by atoms with Gasteiger partial charge in [-0.25, -0.2) is 8.42 Å². The zero-order chi connectivity index (χ0) is 15.3. The lowest BCUT2D eigenvalue weighted by Crippen LogP contribution is -2.29. The summed E-state index contributed by atoms with van der Waals surface area (Å²) in [5, 5.41) is 2.83. The maximum Gasteiger partial charge on any atom is 0.220 e. The number of sulfone groups is 1. The molecule has 1 amide bonds. The van der Waals surface area contributed by atoms with Crippen molar-refractivity contribution >= 4 is 15.7 Å². The Morgan fingerprint density at radius 2 is 2.05 bits per heavy atom. The summed E-state index contributed by atoms with van der Waals surface area (Å²) in [5.74, 6) is 1.28. The molecule has 2 rings (SSSR count). The van der Waals surface area contributed by atoms with Crippen LogP contribution in [0.2, 0.25) is 0 Å². The molecule has 0 radical (unpaired) electrons. The van der Waals surface area contributed by atoms with Crippen LogP contribution in [0, 0.1) is 5.92 Å². The Hall–Kier alpha value is -1.56. The Balaban J connectivity index is 1.70. The van der Waals surface area contributed by atoms with Gasteiger partial charge in [-0.2, -0.15) is 0 Å². The van der Waals surface area contributed by atoms with Crippen LogP contribution in [0.15, 0.2) is 24.3 Å². The van der Waals surface area contributed by atoms with Gasteiger partial charge in [0.05, 0.1) is 18.6 Å². The number of nitrogens with one attached hydrogen (secondary N) is 1. The van der Waals surface area contributed by atoms with Crippen molar-refractivity contribution in [3.05, 3.63) is 29.8 Å². The van der Waals surface area contributed by atoms with Gasteiger partial charge in [-0.1, -0.05) is 12.1 Å². The third-order valence-electron chi connectivity index (χ3n) is 3.71. The summed E-state index contributed by atoms with van der Waals surface area (Å²) in [4.78, 5) is 11.8. The SMILES string of the molecule is COc1ccc(CCC(=O)NC[C@H]2CCS(=O)(=O)C2)cc1. The molecule has 1 heterocycles. The minimum absolute atomic E-state index is 0.0323. The first kappa shape index (κ1) is 15.8. The number of carbonyl (C=O) groups excluding carboxylic acids is 1. The molecule has 0 unspecified atom stereocenters. The van der Waals surface area contributed by atoms with E-state index in [1.54, 1.807) is 7.11 Å². The minimum Gasteiger partial charge on any atom is -0.497 e. The number of ether oxygens (including phenoxy) is 1. The van der Waals surface area contributed by atoms with Gasteiger partial charge in [0.2, 0.25) is 5.91 Å². The summed E-state index contributed by atoms with van der Waals surface area (Å²) >= 11 is 0. The number of amides is 1. The van der Waals surface area contributed by atoms with E-state index < -0.39 is 9.84 Å². The molecule has 1 aromatic carbocycles. The van der Waals surface area contributed by atoms with Gasteiger partial charge in [-0.3, -0.25) is 4.79 Å². The quantitative estimate of drug-likeness (QED) is 0.856. The fourth-order valence-corrected chi connectivity index (χ4v) is 4.29. The van der Waals surface area contributed by atoms with E-state index in [4.69, 9.17) is 4.74 Å². The number of carbonyl (C=O) groups is 1. The molecule has 0 aliphatic carbocycles. The van der Waals surface area contributed by atoms with Crippen LogP contribution < -0.4 is 10.1 Å². The zero-order valence-electron chi connectivity index (χ0n) is 12.2. The maximum atomic E-state index is 11.8. The standard InChI is InChI=1S/C15H21NO4S/c1-20-14-5-2-12(3-6-14)4-7-15(17)16-10-13-8-9-21(18,19)11-13/h2-3,5-6,13H,4,7-11H2,1H3,(H,16,17)/t13-/m1/s1. The van der Waals surface area contributed by atoms with Crippen molar-refractivity contribution in [3.63, 3.8) is 0 Å². The highest BCUT2D eigenvalue weighted by atomic mass is 32.2. The van der Waals surface area contributed by atoms with E-state index in [0.717, 1.165) is 11.3 Å². The smallest absolute Gasteiger partial charge is 0.220 e. The van der Waals surface area contributed by atoms with Crippen molar-refractivity contribution in [1.82, 2.24) is 5.32 Å². The van der Waals surface area contributed by atoms with Gasteiger partial charge >= 0.3 is 0 Å². The van der Waals surface area contributed by atoms with E-state index in [1.807, 2.05) is 24.3 Å². The normalized spacial score (nSPS) is 20.1. The number of aryl methyl sites for hydroxylation is 1. The van der Waals surface area contributed by atoms with Crippen molar-refractivity contribution in [2.45, 2.75) is 19.3 Å². The first-order valence-corrected chi connectivity index (χ1v) is 8.91. The van der Waals surface area contributed by atoms with Gasteiger partial charge in [0.15, 0.2) is 9.84 Å². The molecule has 6 heteroatoms. The molecule has 0 saturated carbocycles. The highest BCUT2D eigenvalue weighted by molar-refractivity contribution is 7.91. The Bertz CT molecular complexity index is 580. The summed E-state index contributed by atoms with van der Waals surface area (Å²) < 4.78 is 27.7. The second kappa shape index (κ2) is 6.93. The summed E-state index contributed by atoms with van der Waals surface area (Å²) in [6.07, 6.45) is 1.73. The van der Waals surface area contributed by atoms with E-state index in [9.17, 15) is 13.2 Å². The van der Waals surface area contributed by atoms with Crippen LogP contribution in [0.1, 0.15) is 18.4 Å². The molecule has 1 saturated heterocycles. The fourth-order valence-electron chi connectivity index (χ4n) is 2.43. The van der Waals surface area contributed by atoms with Crippen molar-refractivity contribution in [2.24, 2.45) is 5.92 Å².